The van der Waals surface area contributed by atoms with Gasteiger partial charge in [-0.05, 0) is 61.7 Å². The molecule has 0 saturated carbocycles. The zero-order valence-corrected chi connectivity index (χ0v) is 18.5. The van der Waals surface area contributed by atoms with Crippen LogP contribution in [0.2, 0.25) is 10.0 Å². The van der Waals surface area contributed by atoms with Crippen molar-refractivity contribution in [1.29, 1.82) is 0 Å². The topological polar surface area (TPSA) is 58.6 Å². The second-order valence-corrected chi connectivity index (χ2v) is 8.32. The number of benzene rings is 2. The summed E-state index contributed by atoms with van der Waals surface area (Å²) in [4.78, 5) is 26.6. The Morgan fingerprint density at radius 1 is 1.17 bits per heavy atom. The fourth-order valence-corrected chi connectivity index (χ4v) is 4.10. The van der Waals surface area contributed by atoms with Gasteiger partial charge in [-0.1, -0.05) is 41.4 Å². The van der Waals surface area contributed by atoms with Crippen molar-refractivity contribution in [3.63, 3.8) is 0 Å². The summed E-state index contributed by atoms with van der Waals surface area (Å²) in [5.41, 5.74) is 2.60. The minimum Gasteiger partial charge on any atom is -0.466 e. The zero-order chi connectivity index (χ0) is 21.5. The van der Waals surface area contributed by atoms with E-state index in [0.29, 0.717) is 29.7 Å². The van der Waals surface area contributed by atoms with Gasteiger partial charge in [-0.25, -0.2) is 0 Å². The van der Waals surface area contributed by atoms with E-state index in [1.165, 1.54) is 0 Å². The smallest absolute Gasteiger partial charge is 0.310 e. The van der Waals surface area contributed by atoms with E-state index in [9.17, 15) is 9.59 Å². The van der Waals surface area contributed by atoms with Gasteiger partial charge in [-0.2, -0.15) is 0 Å². The Labute approximate surface area is 187 Å². The van der Waals surface area contributed by atoms with E-state index < -0.39 is 0 Å². The number of carbonyl (C=O) groups excluding carboxylic acids is 2. The van der Waals surface area contributed by atoms with Gasteiger partial charge in [0.2, 0.25) is 5.91 Å². The lowest BCUT2D eigenvalue weighted by atomic mass is 9.96. The molecule has 0 aromatic heterocycles. The van der Waals surface area contributed by atoms with E-state index in [4.69, 9.17) is 27.9 Å². The highest BCUT2D eigenvalue weighted by Gasteiger charge is 2.26. The van der Waals surface area contributed by atoms with E-state index in [1.54, 1.807) is 13.0 Å². The molecule has 1 heterocycles. The number of ether oxygens (including phenoxy) is 1. The number of esters is 1. The number of rotatable bonds is 7. The molecule has 1 aliphatic rings. The number of carbonyl (C=O) groups is 2. The second kappa shape index (κ2) is 10.8. The van der Waals surface area contributed by atoms with Gasteiger partial charge in [0.05, 0.1) is 18.9 Å². The third-order valence-electron chi connectivity index (χ3n) is 5.16. The van der Waals surface area contributed by atoms with Crippen molar-refractivity contribution in [1.82, 2.24) is 4.90 Å². The molecule has 0 unspecified atom stereocenters. The second-order valence-electron chi connectivity index (χ2n) is 7.48. The number of nitrogens with zero attached hydrogens (tertiary/aromatic N) is 1. The first-order chi connectivity index (χ1) is 14.4. The number of halogens is 2. The van der Waals surface area contributed by atoms with E-state index in [0.717, 1.165) is 36.2 Å². The molecule has 7 heteroatoms. The minimum absolute atomic E-state index is 0.0139. The number of hydrogen-bond donors (Lipinski definition) is 1. The van der Waals surface area contributed by atoms with E-state index in [-0.39, 0.29) is 24.2 Å². The van der Waals surface area contributed by atoms with Crippen LogP contribution in [0.25, 0.3) is 0 Å². The molecule has 1 N–H and O–H groups in total. The molecule has 1 saturated heterocycles. The molecule has 0 aliphatic carbocycles. The lowest BCUT2D eigenvalue weighted by molar-refractivity contribution is -0.142. The molecular formula is C23H26Cl2N2O3. The first-order valence-corrected chi connectivity index (χ1v) is 10.9. The summed E-state index contributed by atoms with van der Waals surface area (Å²) >= 11 is 12.3. The lowest BCUT2D eigenvalue weighted by Gasteiger charge is -2.32. The van der Waals surface area contributed by atoms with Crippen molar-refractivity contribution in [2.45, 2.75) is 32.7 Å². The highest BCUT2D eigenvalue weighted by Crippen LogP contribution is 2.25. The SMILES string of the molecule is CCOC(=O)Cc1ccc(NC(=O)[C@@H]2CCCN(Cc3ccc(Cl)cc3Cl)C2)cc1. The molecule has 1 aliphatic heterocycles. The molecule has 5 nitrogen and oxygen atoms in total. The van der Waals surface area contributed by atoms with Crippen LogP contribution in [-0.4, -0.2) is 36.5 Å². The molecule has 0 bridgehead atoms. The van der Waals surface area contributed by atoms with Gasteiger partial charge in [0.1, 0.15) is 0 Å². The van der Waals surface area contributed by atoms with Crippen LogP contribution in [0.1, 0.15) is 30.9 Å². The van der Waals surface area contributed by atoms with Gasteiger partial charge in [-0.15, -0.1) is 0 Å². The summed E-state index contributed by atoms with van der Waals surface area (Å²) in [6.07, 6.45) is 2.05. The predicted molar refractivity (Wildman–Crippen MR) is 120 cm³/mol. The van der Waals surface area contributed by atoms with Gasteiger partial charge in [0, 0.05) is 28.8 Å². The fraction of sp³-hybridized carbons (Fsp3) is 0.391. The van der Waals surface area contributed by atoms with Crippen molar-refractivity contribution in [3.05, 3.63) is 63.6 Å². The fourth-order valence-electron chi connectivity index (χ4n) is 3.63. The predicted octanol–water partition coefficient (Wildman–Crippen LogP) is 4.95. The van der Waals surface area contributed by atoms with Crippen molar-refractivity contribution >= 4 is 40.8 Å². The number of hydrogen-bond acceptors (Lipinski definition) is 4. The van der Waals surface area contributed by atoms with E-state index in [2.05, 4.69) is 10.2 Å². The van der Waals surface area contributed by atoms with Gasteiger partial charge >= 0.3 is 5.97 Å². The highest BCUT2D eigenvalue weighted by atomic mass is 35.5. The Hall–Kier alpha value is -2.08. The Bertz CT molecular complexity index is 887. The quantitative estimate of drug-likeness (QED) is 0.608. The first-order valence-electron chi connectivity index (χ1n) is 10.2. The van der Waals surface area contributed by atoms with Crippen LogP contribution in [0, 0.1) is 5.92 Å². The molecule has 0 radical (unpaired) electrons. The molecule has 2 aromatic carbocycles. The molecular weight excluding hydrogens is 423 g/mol. The monoisotopic (exact) mass is 448 g/mol. The average Bonchev–Trinajstić information content (AvgIpc) is 2.72. The van der Waals surface area contributed by atoms with Crippen LogP contribution in [0.3, 0.4) is 0 Å². The Kier molecular flexibility index (Phi) is 8.14. The van der Waals surface area contributed by atoms with Crippen LogP contribution in [0.5, 0.6) is 0 Å². The van der Waals surface area contributed by atoms with Crippen LogP contribution in [0.4, 0.5) is 5.69 Å². The van der Waals surface area contributed by atoms with Crippen LogP contribution in [-0.2, 0) is 27.3 Å². The summed E-state index contributed by atoms with van der Waals surface area (Å²) in [5.74, 6) is -0.318. The number of anilines is 1. The number of nitrogens with one attached hydrogen (secondary N) is 1. The van der Waals surface area contributed by atoms with Gasteiger partial charge in [-0.3, -0.25) is 14.5 Å². The Morgan fingerprint density at radius 3 is 2.63 bits per heavy atom. The highest BCUT2D eigenvalue weighted by molar-refractivity contribution is 6.35. The normalized spacial score (nSPS) is 16.8. The van der Waals surface area contributed by atoms with Crippen LogP contribution in [0.15, 0.2) is 42.5 Å². The van der Waals surface area contributed by atoms with Crippen molar-refractivity contribution < 1.29 is 14.3 Å². The number of amides is 1. The Balaban J connectivity index is 1.54. The van der Waals surface area contributed by atoms with Crippen molar-refractivity contribution in [2.24, 2.45) is 5.92 Å². The zero-order valence-electron chi connectivity index (χ0n) is 17.0. The van der Waals surface area contributed by atoms with Gasteiger partial charge < -0.3 is 10.1 Å². The van der Waals surface area contributed by atoms with Crippen LogP contribution < -0.4 is 5.32 Å². The first kappa shape index (κ1) is 22.6. The minimum atomic E-state index is -0.252. The third kappa shape index (κ3) is 6.46. The maximum Gasteiger partial charge on any atom is 0.310 e. The maximum atomic E-state index is 12.8. The maximum absolute atomic E-state index is 12.8. The molecule has 1 fully saturated rings. The van der Waals surface area contributed by atoms with E-state index in [1.807, 2.05) is 36.4 Å². The molecule has 0 spiro atoms. The van der Waals surface area contributed by atoms with Crippen molar-refractivity contribution in [2.75, 3.05) is 25.0 Å². The molecule has 1 atom stereocenters. The van der Waals surface area contributed by atoms with Crippen molar-refractivity contribution in [3.8, 4) is 0 Å². The molecule has 1 amide bonds. The molecule has 2 aromatic rings. The summed E-state index contributed by atoms with van der Waals surface area (Å²) in [6, 6.07) is 12.8. The Morgan fingerprint density at radius 2 is 1.93 bits per heavy atom. The standard InChI is InChI=1S/C23H26Cl2N2O3/c1-2-30-22(28)12-16-5-9-20(10-6-16)26-23(29)18-4-3-11-27(15-18)14-17-7-8-19(24)13-21(17)25/h5-10,13,18H,2-4,11-12,14-15H2,1H3,(H,26,29)/t18-/m1/s1. The number of piperidine rings is 1. The number of likely N-dealkylation sites (tertiary alicyclic amines) is 1. The van der Waals surface area contributed by atoms with E-state index >= 15 is 0 Å². The summed E-state index contributed by atoms with van der Waals surface area (Å²) < 4.78 is 4.96. The summed E-state index contributed by atoms with van der Waals surface area (Å²) in [7, 11) is 0. The largest absolute Gasteiger partial charge is 0.466 e. The molecule has 30 heavy (non-hydrogen) atoms. The lowest BCUT2D eigenvalue weighted by Crippen LogP contribution is -2.40. The molecule has 3 rings (SSSR count). The molecule has 160 valence electrons. The summed E-state index contributed by atoms with van der Waals surface area (Å²) in [6.45, 7) is 4.47. The van der Waals surface area contributed by atoms with Crippen LogP contribution >= 0.6 is 23.2 Å². The van der Waals surface area contributed by atoms with Gasteiger partial charge in [0.25, 0.3) is 0 Å². The van der Waals surface area contributed by atoms with Gasteiger partial charge in [0.15, 0.2) is 0 Å². The average molecular weight is 449 g/mol. The third-order valence-corrected chi connectivity index (χ3v) is 5.75. The summed E-state index contributed by atoms with van der Waals surface area (Å²) in [5, 5.41) is 4.26.